The zero-order valence-electron chi connectivity index (χ0n) is 15.1. The number of ketones is 1. The number of Topliss-reactive ketones (excluding diaryl/α,β-unsaturated/α-hetero) is 1. The fourth-order valence-electron chi connectivity index (χ4n) is 2.69. The topological polar surface area (TPSA) is 90.5 Å². The Hall–Kier alpha value is -3.06. The smallest absolute Gasteiger partial charge is 0.282 e. The van der Waals surface area contributed by atoms with Crippen LogP contribution >= 0.6 is 0 Å². The van der Waals surface area contributed by atoms with E-state index in [2.05, 4.69) is 4.40 Å². The lowest BCUT2D eigenvalue weighted by molar-refractivity contribution is -0.581. The van der Waals surface area contributed by atoms with Crippen LogP contribution in [0.3, 0.4) is 0 Å². The van der Waals surface area contributed by atoms with E-state index in [9.17, 15) is 18.3 Å². The van der Waals surface area contributed by atoms with E-state index in [4.69, 9.17) is 0 Å². The van der Waals surface area contributed by atoms with E-state index in [1.165, 1.54) is 23.6 Å². The molecular formula is C20H18N2O4S. The number of allylic oxidation sites excluding steroid dienone is 3. The van der Waals surface area contributed by atoms with Gasteiger partial charge in [0.25, 0.3) is 21.5 Å². The maximum atomic E-state index is 12.9. The second kappa shape index (κ2) is 6.92. The number of benzene rings is 1. The SMILES string of the molecule is CC1=C(C)/C(=N\S(=O)(=O)c2ccc(C)cc2)C(=O)C([n+]2ccccc2)=C1[O-]. The molecule has 0 unspecified atom stereocenters. The summed E-state index contributed by atoms with van der Waals surface area (Å²) in [6, 6.07) is 11.3. The van der Waals surface area contributed by atoms with Crippen LogP contribution in [0, 0.1) is 6.92 Å². The molecule has 0 amide bonds. The summed E-state index contributed by atoms with van der Waals surface area (Å²) in [5.74, 6) is -1.16. The molecule has 0 aliphatic heterocycles. The van der Waals surface area contributed by atoms with Crippen LogP contribution in [0.5, 0.6) is 0 Å². The van der Waals surface area contributed by atoms with E-state index in [0.29, 0.717) is 5.57 Å². The van der Waals surface area contributed by atoms with Gasteiger partial charge in [-0.3, -0.25) is 4.79 Å². The number of aryl methyl sites for hydroxylation is 1. The Balaban J connectivity index is 2.16. The third-order valence-electron chi connectivity index (χ3n) is 4.41. The summed E-state index contributed by atoms with van der Waals surface area (Å²) in [6.07, 6.45) is 3.12. The van der Waals surface area contributed by atoms with Gasteiger partial charge in [0.05, 0.1) is 4.90 Å². The first-order chi connectivity index (χ1) is 12.7. The maximum absolute atomic E-state index is 12.9. The van der Waals surface area contributed by atoms with Gasteiger partial charge in [0.1, 0.15) is 5.71 Å². The summed E-state index contributed by atoms with van der Waals surface area (Å²) in [5.41, 5.74) is 1.08. The van der Waals surface area contributed by atoms with Crippen molar-refractivity contribution in [1.82, 2.24) is 0 Å². The molecule has 0 atom stereocenters. The first-order valence-electron chi connectivity index (χ1n) is 8.25. The molecule has 7 heteroatoms. The number of carbonyl (C=O) groups excluding carboxylic acids is 1. The summed E-state index contributed by atoms with van der Waals surface area (Å²) in [6.45, 7) is 4.93. The molecule has 1 aliphatic rings. The minimum absolute atomic E-state index is 0.00957. The highest BCUT2D eigenvalue weighted by Gasteiger charge is 2.34. The first kappa shape index (κ1) is 18.7. The zero-order valence-corrected chi connectivity index (χ0v) is 15.9. The molecule has 0 saturated heterocycles. The minimum atomic E-state index is -4.09. The Morgan fingerprint density at radius 2 is 1.52 bits per heavy atom. The van der Waals surface area contributed by atoms with E-state index in [1.54, 1.807) is 49.6 Å². The van der Waals surface area contributed by atoms with Gasteiger partial charge in [-0.1, -0.05) is 23.8 Å². The summed E-state index contributed by atoms with van der Waals surface area (Å²) in [5, 5.41) is 12.6. The van der Waals surface area contributed by atoms with Gasteiger partial charge >= 0.3 is 0 Å². The zero-order chi connectivity index (χ0) is 19.8. The molecule has 27 heavy (non-hydrogen) atoms. The molecule has 0 spiro atoms. The van der Waals surface area contributed by atoms with Gasteiger partial charge in [-0.2, -0.15) is 17.4 Å². The van der Waals surface area contributed by atoms with Crippen LogP contribution in [-0.2, 0) is 14.8 Å². The van der Waals surface area contributed by atoms with Crippen LogP contribution in [0.1, 0.15) is 19.4 Å². The Morgan fingerprint density at radius 3 is 2.11 bits per heavy atom. The van der Waals surface area contributed by atoms with Crippen LogP contribution in [0.4, 0.5) is 0 Å². The fourth-order valence-corrected chi connectivity index (χ4v) is 3.73. The van der Waals surface area contributed by atoms with Crippen molar-refractivity contribution in [3.8, 4) is 0 Å². The van der Waals surface area contributed by atoms with Gasteiger partial charge in [0.2, 0.25) is 0 Å². The molecule has 6 nitrogen and oxygen atoms in total. The van der Waals surface area contributed by atoms with Crippen molar-refractivity contribution < 1.29 is 22.9 Å². The molecular weight excluding hydrogens is 364 g/mol. The van der Waals surface area contributed by atoms with Crippen LogP contribution in [0.2, 0.25) is 0 Å². The largest absolute Gasteiger partial charge is 0.868 e. The lowest BCUT2D eigenvalue weighted by Gasteiger charge is -2.22. The van der Waals surface area contributed by atoms with Crippen LogP contribution < -0.4 is 9.67 Å². The Kier molecular flexibility index (Phi) is 4.80. The number of aromatic nitrogens is 1. The number of hydrogen-bond acceptors (Lipinski definition) is 4. The second-order valence-corrected chi connectivity index (χ2v) is 7.87. The molecule has 1 heterocycles. The lowest BCUT2D eigenvalue weighted by Crippen LogP contribution is -2.43. The molecule has 3 rings (SSSR count). The lowest BCUT2D eigenvalue weighted by atomic mass is 9.93. The van der Waals surface area contributed by atoms with Crippen molar-refractivity contribution in [1.29, 1.82) is 0 Å². The van der Waals surface area contributed by atoms with E-state index in [-0.39, 0.29) is 21.9 Å². The van der Waals surface area contributed by atoms with Crippen molar-refractivity contribution in [2.45, 2.75) is 25.7 Å². The van der Waals surface area contributed by atoms with E-state index < -0.39 is 21.6 Å². The third kappa shape index (κ3) is 3.46. The van der Waals surface area contributed by atoms with E-state index >= 15 is 0 Å². The van der Waals surface area contributed by atoms with Gasteiger partial charge in [-0.15, -0.1) is 0 Å². The van der Waals surface area contributed by atoms with Crippen molar-refractivity contribution in [2.75, 3.05) is 0 Å². The van der Waals surface area contributed by atoms with Gasteiger partial charge < -0.3 is 5.11 Å². The van der Waals surface area contributed by atoms with Gasteiger partial charge in [0.15, 0.2) is 12.4 Å². The van der Waals surface area contributed by atoms with Crippen molar-refractivity contribution in [2.24, 2.45) is 4.40 Å². The van der Waals surface area contributed by atoms with Gasteiger partial charge in [0, 0.05) is 12.1 Å². The average Bonchev–Trinajstić information content (AvgIpc) is 2.65. The summed E-state index contributed by atoms with van der Waals surface area (Å²) < 4.78 is 30.5. The first-order valence-corrected chi connectivity index (χ1v) is 9.69. The highest BCUT2D eigenvalue weighted by atomic mass is 32.2. The number of nitrogens with zero attached hydrogens (tertiary/aromatic N) is 2. The standard InChI is InChI=1S/C20H18N2O4S/c1-13-7-9-16(10-8-13)27(25,26)21-17-14(2)15(3)19(23)18(20(17)24)22-11-5-4-6-12-22/h4-12H,1-3H3/b21-17+. The molecule has 0 radical (unpaired) electrons. The number of rotatable bonds is 3. The van der Waals surface area contributed by atoms with Crippen LogP contribution in [0.15, 0.2) is 81.1 Å². The third-order valence-corrected chi connectivity index (χ3v) is 5.70. The molecule has 0 fully saturated rings. The highest BCUT2D eigenvalue weighted by Crippen LogP contribution is 2.25. The summed E-state index contributed by atoms with van der Waals surface area (Å²) in [7, 11) is -4.09. The number of hydrogen-bond donors (Lipinski definition) is 0. The number of pyridine rings is 1. The maximum Gasteiger partial charge on any atom is 0.282 e. The van der Waals surface area contributed by atoms with E-state index in [0.717, 1.165) is 5.56 Å². The van der Waals surface area contributed by atoms with Crippen molar-refractivity contribution >= 4 is 27.2 Å². The molecule has 138 valence electrons. The number of carbonyl (C=O) groups is 1. The number of sulfonamides is 1. The predicted octanol–water partition coefficient (Wildman–Crippen LogP) is 1.56. The second-order valence-electron chi connectivity index (χ2n) is 6.27. The quantitative estimate of drug-likeness (QED) is 0.595. The fraction of sp³-hybridized carbons (Fsp3) is 0.150. The Bertz CT molecular complexity index is 1110. The van der Waals surface area contributed by atoms with E-state index in [1.807, 2.05) is 6.92 Å². The van der Waals surface area contributed by atoms with Crippen molar-refractivity contribution in [3.05, 3.63) is 77.3 Å². The Labute approximate surface area is 157 Å². The molecule has 1 aliphatic carbocycles. The average molecular weight is 382 g/mol. The minimum Gasteiger partial charge on any atom is -0.868 e. The molecule has 1 aromatic carbocycles. The van der Waals surface area contributed by atoms with Crippen molar-refractivity contribution in [3.63, 3.8) is 0 Å². The predicted molar refractivity (Wildman–Crippen MR) is 99.0 cm³/mol. The molecule has 1 aromatic heterocycles. The monoisotopic (exact) mass is 382 g/mol. The summed E-state index contributed by atoms with van der Waals surface area (Å²) in [4.78, 5) is 12.9. The molecule has 0 saturated carbocycles. The van der Waals surface area contributed by atoms with Gasteiger partial charge in [-0.05, 0) is 49.8 Å². The normalized spacial score (nSPS) is 17.0. The van der Waals surface area contributed by atoms with Crippen LogP contribution in [0.25, 0.3) is 5.70 Å². The highest BCUT2D eigenvalue weighted by molar-refractivity contribution is 7.90. The van der Waals surface area contributed by atoms with Crippen LogP contribution in [-0.4, -0.2) is 19.9 Å². The molecule has 2 aromatic rings. The summed E-state index contributed by atoms with van der Waals surface area (Å²) >= 11 is 0. The van der Waals surface area contributed by atoms with Gasteiger partial charge in [-0.25, -0.2) is 0 Å². The Morgan fingerprint density at radius 1 is 0.926 bits per heavy atom. The molecule has 0 bridgehead atoms. The molecule has 0 N–H and O–H groups in total.